The highest BCUT2D eigenvalue weighted by molar-refractivity contribution is 5.80. The van der Waals surface area contributed by atoms with Crippen molar-refractivity contribution in [2.75, 3.05) is 6.54 Å². The van der Waals surface area contributed by atoms with E-state index in [1.54, 1.807) is 0 Å². The molecule has 110 valence electrons. The average molecular weight is 278 g/mol. The molecule has 1 amide bonds. The van der Waals surface area contributed by atoms with Crippen molar-refractivity contribution >= 4 is 5.91 Å². The lowest BCUT2D eigenvalue weighted by atomic mass is 9.74. The van der Waals surface area contributed by atoms with Crippen LogP contribution in [-0.4, -0.2) is 24.2 Å². The van der Waals surface area contributed by atoms with E-state index in [1.165, 1.54) is 0 Å². The predicted molar refractivity (Wildman–Crippen MR) is 65.3 cm³/mol. The van der Waals surface area contributed by atoms with Gasteiger partial charge in [0, 0.05) is 12.5 Å². The Kier molecular flexibility index (Phi) is 4.08. The number of nitrogens with two attached hydrogens (primary N) is 1. The van der Waals surface area contributed by atoms with E-state index in [2.05, 4.69) is 5.32 Å². The molecule has 2 aliphatic rings. The summed E-state index contributed by atoms with van der Waals surface area (Å²) in [4.78, 5) is 12.2. The molecule has 0 aromatic rings. The number of carbonyl (C=O) groups excluding carboxylic acids is 1. The molecular weight excluding hydrogens is 257 g/mol. The zero-order valence-electron chi connectivity index (χ0n) is 10.9. The maximum Gasteiger partial charge on any atom is 0.392 e. The van der Waals surface area contributed by atoms with E-state index in [0.29, 0.717) is 25.8 Å². The number of rotatable bonds is 3. The van der Waals surface area contributed by atoms with E-state index in [0.717, 1.165) is 19.3 Å². The SMILES string of the molecule is NCC1(NC(=O)C2CCCCC2C(F)(F)F)CCC1. The first kappa shape index (κ1) is 14.6. The van der Waals surface area contributed by atoms with Crippen LogP contribution in [0.5, 0.6) is 0 Å². The fourth-order valence-corrected chi connectivity index (χ4v) is 3.17. The van der Waals surface area contributed by atoms with Crippen LogP contribution in [0.2, 0.25) is 0 Å². The quantitative estimate of drug-likeness (QED) is 0.832. The molecule has 3 nitrogen and oxygen atoms in total. The van der Waals surface area contributed by atoms with E-state index in [-0.39, 0.29) is 6.42 Å². The lowest BCUT2D eigenvalue weighted by molar-refractivity contribution is -0.198. The molecular formula is C13H21F3N2O. The maximum absolute atomic E-state index is 13.0. The Bertz CT molecular complexity index is 334. The zero-order valence-corrected chi connectivity index (χ0v) is 10.9. The number of carbonyl (C=O) groups is 1. The normalized spacial score (nSPS) is 30.5. The molecule has 2 unspecified atom stereocenters. The highest BCUT2D eigenvalue weighted by Gasteiger charge is 2.49. The third-order valence-corrected chi connectivity index (χ3v) is 4.61. The topological polar surface area (TPSA) is 55.1 Å². The largest absolute Gasteiger partial charge is 0.392 e. The Morgan fingerprint density at radius 1 is 1.21 bits per heavy atom. The van der Waals surface area contributed by atoms with Crippen LogP contribution >= 0.6 is 0 Å². The van der Waals surface area contributed by atoms with Crippen molar-refractivity contribution in [2.24, 2.45) is 17.6 Å². The first-order valence-corrected chi connectivity index (χ1v) is 6.97. The number of halogens is 3. The summed E-state index contributed by atoms with van der Waals surface area (Å²) < 4.78 is 38.9. The molecule has 0 spiro atoms. The highest BCUT2D eigenvalue weighted by Crippen LogP contribution is 2.42. The molecule has 2 aliphatic carbocycles. The minimum atomic E-state index is -4.28. The van der Waals surface area contributed by atoms with Crippen molar-refractivity contribution in [3.05, 3.63) is 0 Å². The molecule has 0 aromatic heterocycles. The monoisotopic (exact) mass is 278 g/mol. The summed E-state index contributed by atoms with van der Waals surface area (Å²) >= 11 is 0. The summed E-state index contributed by atoms with van der Waals surface area (Å²) in [6.07, 6.45) is -0.107. The Morgan fingerprint density at radius 3 is 2.32 bits per heavy atom. The number of alkyl halides is 3. The second kappa shape index (κ2) is 5.31. The van der Waals surface area contributed by atoms with Gasteiger partial charge in [-0.1, -0.05) is 12.8 Å². The van der Waals surface area contributed by atoms with Gasteiger partial charge in [-0.3, -0.25) is 4.79 Å². The van der Waals surface area contributed by atoms with Crippen LogP contribution in [0.3, 0.4) is 0 Å². The molecule has 0 bridgehead atoms. The van der Waals surface area contributed by atoms with E-state index in [9.17, 15) is 18.0 Å². The Balaban J connectivity index is 2.03. The predicted octanol–water partition coefficient (Wildman–Crippen LogP) is 2.35. The second-order valence-electron chi connectivity index (χ2n) is 5.87. The Hall–Kier alpha value is -0.780. The van der Waals surface area contributed by atoms with Crippen molar-refractivity contribution in [2.45, 2.75) is 56.7 Å². The average Bonchev–Trinajstić information content (AvgIpc) is 2.32. The van der Waals surface area contributed by atoms with Crippen LogP contribution in [0.25, 0.3) is 0 Å². The van der Waals surface area contributed by atoms with E-state index >= 15 is 0 Å². The molecule has 2 saturated carbocycles. The summed E-state index contributed by atoms with van der Waals surface area (Å²) in [7, 11) is 0. The smallest absolute Gasteiger partial charge is 0.349 e. The van der Waals surface area contributed by atoms with E-state index in [1.807, 2.05) is 0 Å². The molecule has 2 atom stereocenters. The van der Waals surface area contributed by atoms with Gasteiger partial charge in [-0.25, -0.2) is 0 Å². The van der Waals surface area contributed by atoms with Gasteiger partial charge in [-0.05, 0) is 32.1 Å². The van der Waals surface area contributed by atoms with Crippen LogP contribution in [0, 0.1) is 11.8 Å². The van der Waals surface area contributed by atoms with E-state index < -0.39 is 29.5 Å². The minimum Gasteiger partial charge on any atom is -0.349 e. The van der Waals surface area contributed by atoms with Crippen molar-refractivity contribution in [3.8, 4) is 0 Å². The molecule has 3 N–H and O–H groups in total. The molecule has 0 aliphatic heterocycles. The number of hydrogen-bond acceptors (Lipinski definition) is 2. The first-order chi connectivity index (χ1) is 8.88. The molecule has 0 radical (unpaired) electrons. The maximum atomic E-state index is 13.0. The summed E-state index contributed by atoms with van der Waals surface area (Å²) in [5, 5.41) is 2.79. The van der Waals surface area contributed by atoms with Crippen LogP contribution < -0.4 is 11.1 Å². The molecule has 2 fully saturated rings. The van der Waals surface area contributed by atoms with E-state index in [4.69, 9.17) is 5.73 Å². The molecule has 19 heavy (non-hydrogen) atoms. The molecule has 6 heteroatoms. The Labute approximate surface area is 111 Å². The lowest BCUT2D eigenvalue weighted by Crippen LogP contribution is -2.60. The zero-order chi connectivity index (χ0) is 14.1. The van der Waals surface area contributed by atoms with Crippen LogP contribution in [0.4, 0.5) is 13.2 Å². The van der Waals surface area contributed by atoms with Gasteiger partial charge in [0.05, 0.1) is 11.5 Å². The van der Waals surface area contributed by atoms with Gasteiger partial charge in [0.25, 0.3) is 0 Å². The summed E-state index contributed by atoms with van der Waals surface area (Å²) in [5.74, 6) is -2.87. The third-order valence-electron chi connectivity index (χ3n) is 4.61. The second-order valence-corrected chi connectivity index (χ2v) is 5.87. The number of nitrogens with one attached hydrogen (secondary N) is 1. The number of hydrogen-bond donors (Lipinski definition) is 2. The minimum absolute atomic E-state index is 0.0667. The van der Waals surface area contributed by atoms with Crippen molar-refractivity contribution in [1.29, 1.82) is 0 Å². The van der Waals surface area contributed by atoms with Gasteiger partial charge in [-0.2, -0.15) is 13.2 Å². The van der Waals surface area contributed by atoms with Gasteiger partial charge in [0.1, 0.15) is 0 Å². The summed E-state index contributed by atoms with van der Waals surface area (Å²) in [5.41, 5.74) is 5.19. The van der Waals surface area contributed by atoms with Gasteiger partial charge < -0.3 is 11.1 Å². The third kappa shape index (κ3) is 3.04. The number of amides is 1. The van der Waals surface area contributed by atoms with Gasteiger partial charge in [-0.15, -0.1) is 0 Å². The summed E-state index contributed by atoms with van der Waals surface area (Å²) in [6, 6.07) is 0. The molecule has 0 aromatic carbocycles. The van der Waals surface area contributed by atoms with Gasteiger partial charge >= 0.3 is 6.18 Å². The van der Waals surface area contributed by atoms with Crippen LogP contribution in [0.15, 0.2) is 0 Å². The fraction of sp³-hybridized carbons (Fsp3) is 0.923. The van der Waals surface area contributed by atoms with Crippen LogP contribution in [-0.2, 0) is 4.79 Å². The Morgan fingerprint density at radius 2 is 1.84 bits per heavy atom. The lowest BCUT2D eigenvalue weighted by Gasteiger charge is -2.43. The van der Waals surface area contributed by atoms with Crippen molar-refractivity contribution in [1.82, 2.24) is 5.32 Å². The van der Waals surface area contributed by atoms with Gasteiger partial charge in [0.2, 0.25) is 5.91 Å². The molecule has 0 heterocycles. The first-order valence-electron chi connectivity index (χ1n) is 6.97. The molecule has 2 rings (SSSR count). The standard InChI is InChI=1S/C13H21F3N2O/c14-13(15,16)10-5-2-1-4-9(10)11(19)18-12(8-17)6-3-7-12/h9-10H,1-8,17H2,(H,18,19). The van der Waals surface area contributed by atoms with Crippen molar-refractivity contribution < 1.29 is 18.0 Å². The van der Waals surface area contributed by atoms with Crippen molar-refractivity contribution in [3.63, 3.8) is 0 Å². The summed E-state index contributed by atoms with van der Waals surface area (Å²) in [6.45, 7) is 0.308. The molecule has 0 saturated heterocycles. The fourth-order valence-electron chi connectivity index (χ4n) is 3.17. The highest BCUT2D eigenvalue weighted by atomic mass is 19.4. The van der Waals surface area contributed by atoms with Gasteiger partial charge in [0.15, 0.2) is 0 Å². The van der Waals surface area contributed by atoms with Crippen LogP contribution in [0.1, 0.15) is 44.9 Å².